The minimum absolute atomic E-state index is 0.561. The van der Waals surface area contributed by atoms with Gasteiger partial charge in [0.05, 0.1) is 17.1 Å². The maximum absolute atomic E-state index is 5.83. The maximum Gasteiger partial charge on any atom is 0.116 e. The molecule has 0 aliphatic rings. The molecular weight excluding hydrogens is 176 g/mol. The molecule has 0 radical (unpaired) electrons. The number of hydrogen-bond donors (Lipinski definition) is 2. The van der Waals surface area contributed by atoms with E-state index in [-0.39, 0.29) is 0 Å². The number of anilines is 2. The first-order valence-corrected chi connectivity index (χ1v) is 4.19. The van der Waals surface area contributed by atoms with Crippen LogP contribution in [0.25, 0.3) is 11.3 Å². The van der Waals surface area contributed by atoms with Crippen LogP contribution in [0.4, 0.5) is 11.4 Å². The SMILES string of the molecule is Nc1cccc(-c2ccncn2)c1N. The summed E-state index contributed by atoms with van der Waals surface area (Å²) < 4.78 is 0. The van der Waals surface area contributed by atoms with Crippen molar-refractivity contribution in [2.45, 2.75) is 0 Å². The van der Waals surface area contributed by atoms with Gasteiger partial charge in [-0.2, -0.15) is 0 Å². The van der Waals surface area contributed by atoms with Crippen molar-refractivity contribution in [3.63, 3.8) is 0 Å². The van der Waals surface area contributed by atoms with Crippen LogP contribution in [-0.4, -0.2) is 9.97 Å². The van der Waals surface area contributed by atoms with Crippen molar-refractivity contribution in [1.29, 1.82) is 0 Å². The van der Waals surface area contributed by atoms with E-state index in [1.54, 1.807) is 18.3 Å². The summed E-state index contributed by atoms with van der Waals surface area (Å²) in [5, 5.41) is 0. The molecule has 1 heterocycles. The van der Waals surface area contributed by atoms with Gasteiger partial charge in [0.2, 0.25) is 0 Å². The highest BCUT2D eigenvalue weighted by molar-refractivity contribution is 5.82. The second kappa shape index (κ2) is 3.33. The minimum atomic E-state index is 0.561. The standard InChI is InChI=1S/C10H10N4/c11-8-3-1-2-7(10(8)12)9-4-5-13-6-14-9/h1-6H,11-12H2. The molecule has 0 bridgehead atoms. The van der Waals surface area contributed by atoms with Crippen molar-refractivity contribution in [3.8, 4) is 11.3 Å². The highest BCUT2D eigenvalue weighted by atomic mass is 14.8. The number of para-hydroxylation sites is 1. The first-order chi connectivity index (χ1) is 6.79. The number of benzene rings is 1. The predicted octanol–water partition coefficient (Wildman–Crippen LogP) is 1.31. The molecule has 0 amide bonds. The first-order valence-electron chi connectivity index (χ1n) is 4.19. The van der Waals surface area contributed by atoms with Crippen LogP contribution in [0.1, 0.15) is 0 Å². The monoisotopic (exact) mass is 186 g/mol. The molecule has 0 aliphatic carbocycles. The zero-order valence-corrected chi connectivity index (χ0v) is 7.51. The van der Waals surface area contributed by atoms with E-state index in [4.69, 9.17) is 11.5 Å². The molecule has 1 aromatic heterocycles. The summed E-state index contributed by atoms with van der Waals surface area (Å²) in [5.41, 5.74) is 14.3. The van der Waals surface area contributed by atoms with E-state index in [9.17, 15) is 0 Å². The van der Waals surface area contributed by atoms with E-state index < -0.39 is 0 Å². The number of nitrogen functional groups attached to an aromatic ring is 2. The van der Waals surface area contributed by atoms with Gasteiger partial charge in [-0.15, -0.1) is 0 Å². The molecule has 0 aliphatic heterocycles. The third kappa shape index (κ3) is 1.37. The van der Waals surface area contributed by atoms with Crippen molar-refractivity contribution in [3.05, 3.63) is 36.8 Å². The van der Waals surface area contributed by atoms with E-state index in [2.05, 4.69) is 9.97 Å². The van der Waals surface area contributed by atoms with Crippen LogP contribution in [0.3, 0.4) is 0 Å². The van der Waals surface area contributed by atoms with Gasteiger partial charge in [-0.05, 0) is 12.1 Å². The Morgan fingerprint density at radius 2 is 1.93 bits per heavy atom. The normalized spacial score (nSPS) is 10.0. The highest BCUT2D eigenvalue weighted by Crippen LogP contribution is 2.27. The fourth-order valence-corrected chi connectivity index (χ4v) is 1.26. The van der Waals surface area contributed by atoms with E-state index >= 15 is 0 Å². The quantitative estimate of drug-likeness (QED) is 0.658. The highest BCUT2D eigenvalue weighted by Gasteiger charge is 2.04. The van der Waals surface area contributed by atoms with Gasteiger partial charge in [-0.1, -0.05) is 12.1 Å². The summed E-state index contributed by atoms with van der Waals surface area (Å²) in [6, 6.07) is 7.29. The van der Waals surface area contributed by atoms with Crippen LogP contribution in [-0.2, 0) is 0 Å². The van der Waals surface area contributed by atoms with Crippen LogP contribution in [0.15, 0.2) is 36.8 Å². The summed E-state index contributed by atoms with van der Waals surface area (Å²) in [4.78, 5) is 7.94. The van der Waals surface area contributed by atoms with Gasteiger partial charge < -0.3 is 11.5 Å². The second-order valence-corrected chi connectivity index (χ2v) is 2.90. The topological polar surface area (TPSA) is 77.8 Å². The first kappa shape index (κ1) is 8.50. The molecule has 70 valence electrons. The lowest BCUT2D eigenvalue weighted by Gasteiger charge is -2.06. The van der Waals surface area contributed by atoms with Crippen molar-refractivity contribution < 1.29 is 0 Å². The van der Waals surface area contributed by atoms with E-state index in [1.807, 2.05) is 12.1 Å². The lowest BCUT2D eigenvalue weighted by atomic mass is 10.1. The van der Waals surface area contributed by atoms with Gasteiger partial charge in [-0.3, -0.25) is 0 Å². The smallest absolute Gasteiger partial charge is 0.116 e. The molecule has 0 spiro atoms. The van der Waals surface area contributed by atoms with Gasteiger partial charge in [-0.25, -0.2) is 9.97 Å². The molecule has 2 aromatic rings. The average Bonchev–Trinajstić information content (AvgIpc) is 2.23. The van der Waals surface area contributed by atoms with Crippen molar-refractivity contribution in [1.82, 2.24) is 9.97 Å². The molecule has 4 nitrogen and oxygen atoms in total. The van der Waals surface area contributed by atoms with Gasteiger partial charge in [0, 0.05) is 11.8 Å². The third-order valence-electron chi connectivity index (χ3n) is 2.00. The molecule has 1 aromatic carbocycles. The zero-order valence-electron chi connectivity index (χ0n) is 7.51. The third-order valence-corrected chi connectivity index (χ3v) is 2.00. The molecule has 2 rings (SSSR count). The van der Waals surface area contributed by atoms with Gasteiger partial charge in [0.15, 0.2) is 0 Å². The van der Waals surface area contributed by atoms with Crippen molar-refractivity contribution >= 4 is 11.4 Å². The Labute approximate surface area is 81.6 Å². The maximum atomic E-state index is 5.83. The van der Waals surface area contributed by atoms with Crippen LogP contribution in [0.2, 0.25) is 0 Å². The number of nitrogens with two attached hydrogens (primary N) is 2. The van der Waals surface area contributed by atoms with Crippen LogP contribution in [0, 0.1) is 0 Å². The van der Waals surface area contributed by atoms with Gasteiger partial charge in [0.1, 0.15) is 6.33 Å². The summed E-state index contributed by atoms with van der Waals surface area (Å²) in [7, 11) is 0. The molecule has 0 unspecified atom stereocenters. The number of rotatable bonds is 1. The van der Waals surface area contributed by atoms with Crippen LogP contribution >= 0.6 is 0 Å². The Balaban J connectivity index is 2.58. The molecule has 0 saturated heterocycles. The molecule has 0 fully saturated rings. The summed E-state index contributed by atoms with van der Waals surface area (Å²) >= 11 is 0. The van der Waals surface area contributed by atoms with Gasteiger partial charge in [0.25, 0.3) is 0 Å². The summed E-state index contributed by atoms with van der Waals surface area (Å²) in [6.45, 7) is 0. The van der Waals surface area contributed by atoms with Crippen molar-refractivity contribution in [2.75, 3.05) is 11.5 Å². The van der Waals surface area contributed by atoms with E-state index in [0.717, 1.165) is 11.3 Å². The minimum Gasteiger partial charge on any atom is -0.397 e. The second-order valence-electron chi connectivity index (χ2n) is 2.90. The Bertz CT molecular complexity index is 439. The van der Waals surface area contributed by atoms with Gasteiger partial charge >= 0.3 is 0 Å². The lowest BCUT2D eigenvalue weighted by Crippen LogP contribution is -1.97. The van der Waals surface area contributed by atoms with Crippen molar-refractivity contribution in [2.24, 2.45) is 0 Å². The van der Waals surface area contributed by atoms with E-state index in [1.165, 1.54) is 6.33 Å². The summed E-state index contributed by atoms with van der Waals surface area (Å²) in [5.74, 6) is 0. The Hall–Kier alpha value is -2.10. The zero-order chi connectivity index (χ0) is 9.97. The average molecular weight is 186 g/mol. The van der Waals surface area contributed by atoms with Crippen LogP contribution in [0.5, 0.6) is 0 Å². The molecule has 4 N–H and O–H groups in total. The lowest BCUT2D eigenvalue weighted by molar-refractivity contribution is 1.17. The molecular formula is C10H10N4. The predicted molar refractivity (Wildman–Crippen MR) is 56.3 cm³/mol. The Kier molecular flexibility index (Phi) is 2.02. The molecule has 0 saturated carbocycles. The number of nitrogens with zero attached hydrogens (tertiary/aromatic N) is 2. The summed E-state index contributed by atoms with van der Waals surface area (Å²) in [6.07, 6.45) is 3.16. The fourth-order valence-electron chi connectivity index (χ4n) is 1.26. The molecule has 0 atom stereocenters. The number of hydrogen-bond acceptors (Lipinski definition) is 4. The largest absolute Gasteiger partial charge is 0.397 e. The Morgan fingerprint density at radius 3 is 2.64 bits per heavy atom. The van der Waals surface area contributed by atoms with E-state index in [0.29, 0.717) is 11.4 Å². The Morgan fingerprint density at radius 1 is 1.07 bits per heavy atom. The van der Waals surface area contributed by atoms with Crippen LogP contribution < -0.4 is 11.5 Å². The molecule has 14 heavy (non-hydrogen) atoms. The number of aromatic nitrogens is 2. The fraction of sp³-hybridized carbons (Fsp3) is 0. The molecule has 4 heteroatoms.